The van der Waals surface area contributed by atoms with Gasteiger partial charge in [-0.3, -0.25) is 4.79 Å². The first-order valence-corrected chi connectivity index (χ1v) is 6.06. The van der Waals surface area contributed by atoms with Gasteiger partial charge in [0.15, 0.2) is 0 Å². The van der Waals surface area contributed by atoms with Crippen molar-refractivity contribution in [2.45, 2.75) is 64.6 Å². The first kappa shape index (κ1) is 15.4. The quantitative estimate of drug-likeness (QED) is 0.686. The molecule has 0 bridgehead atoms. The van der Waals surface area contributed by atoms with Gasteiger partial charge in [0.05, 0.1) is 5.54 Å². The average Bonchev–Trinajstić information content (AvgIpc) is 2.18. The Balaban J connectivity index is 4.45. The van der Waals surface area contributed by atoms with Gasteiger partial charge in [-0.05, 0) is 40.2 Å². The van der Waals surface area contributed by atoms with E-state index < -0.39 is 11.4 Å². The van der Waals surface area contributed by atoms with Crippen molar-refractivity contribution in [2.24, 2.45) is 11.5 Å². The Bertz CT molecular complexity index is 224. The van der Waals surface area contributed by atoms with Crippen molar-refractivity contribution in [2.75, 3.05) is 7.05 Å². The summed E-state index contributed by atoms with van der Waals surface area (Å²) in [4.78, 5) is 13.5. The van der Waals surface area contributed by atoms with Gasteiger partial charge in [0, 0.05) is 12.1 Å². The first-order chi connectivity index (χ1) is 7.26. The lowest BCUT2D eigenvalue weighted by molar-refractivity contribution is -0.123. The Labute approximate surface area is 99.4 Å². The van der Waals surface area contributed by atoms with Crippen LogP contribution in [-0.4, -0.2) is 35.5 Å². The fraction of sp³-hybridized carbons (Fsp3) is 0.917. The molecule has 4 nitrogen and oxygen atoms in total. The molecule has 4 N–H and O–H groups in total. The number of hydrogen-bond acceptors (Lipinski definition) is 3. The van der Waals surface area contributed by atoms with E-state index in [1.54, 1.807) is 6.92 Å². The first-order valence-electron chi connectivity index (χ1n) is 6.06. The SMILES string of the molecule is CCC(CC)N(C)C(C)CC(C)(N)C(N)=O. The molecule has 0 spiro atoms. The minimum absolute atomic E-state index is 0.257. The summed E-state index contributed by atoms with van der Waals surface area (Å²) in [6, 6.07) is 0.797. The monoisotopic (exact) mass is 229 g/mol. The third-order valence-electron chi connectivity index (χ3n) is 3.50. The smallest absolute Gasteiger partial charge is 0.237 e. The summed E-state index contributed by atoms with van der Waals surface area (Å²) in [5.74, 6) is -0.433. The molecule has 0 fully saturated rings. The van der Waals surface area contributed by atoms with Gasteiger partial charge in [-0.2, -0.15) is 0 Å². The normalized spacial score (nSPS) is 17.5. The maximum absolute atomic E-state index is 11.2. The second-order valence-corrected chi connectivity index (χ2v) is 4.97. The summed E-state index contributed by atoms with van der Waals surface area (Å²) in [6.45, 7) is 8.14. The van der Waals surface area contributed by atoms with Crippen molar-refractivity contribution in [3.05, 3.63) is 0 Å². The Hall–Kier alpha value is -0.610. The van der Waals surface area contributed by atoms with Gasteiger partial charge in [-0.25, -0.2) is 0 Å². The largest absolute Gasteiger partial charge is 0.368 e. The maximum atomic E-state index is 11.2. The minimum Gasteiger partial charge on any atom is -0.368 e. The number of primary amides is 1. The van der Waals surface area contributed by atoms with Gasteiger partial charge in [0.25, 0.3) is 0 Å². The fourth-order valence-corrected chi connectivity index (χ4v) is 2.08. The van der Waals surface area contributed by atoms with Crippen LogP contribution in [-0.2, 0) is 4.79 Å². The van der Waals surface area contributed by atoms with Crippen molar-refractivity contribution in [1.82, 2.24) is 4.90 Å². The zero-order chi connectivity index (χ0) is 12.9. The van der Waals surface area contributed by atoms with E-state index in [2.05, 4.69) is 32.7 Å². The van der Waals surface area contributed by atoms with E-state index in [1.165, 1.54) is 0 Å². The third-order valence-corrected chi connectivity index (χ3v) is 3.50. The van der Waals surface area contributed by atoms with E-state index in [0.717, 1.165) is 12.8 Å². The molecule has 0 aromatic rings. The lowest BCUT2D eigenvalue weighted by Gasteiger charge is -2.35. The number of carbonyl (C=O) groups is 1. The van der Waals surface area contributed by atoms with Crippen LogP contribution >= 0.6 is 0 Å². The van der Waals surface area contributed by atoms with Crippen LogP contribution in [0.2, 0.25) is 0 Å². The lowest BCUT2D eigenvalue weighted by Crippen LogP contribution is -2.53. The van der Waals surface area contributed by atoms with Crippen LogP contribution in [0.3, 0.4) is 0 Å². The van der Waals surface area contributed by atoms with Crippen LogP contribution in [0, 0.1) is 0 Å². The molecule has 1 amide bonds. The molecule has 0 aromatic carbocycles. The van der Waals surface area contributed by atoms with Gasteiger partial charge in [0.2, 0.25) is 5.91 Å². The molecule has 0 aliphatic heterocycles. The summed E-state index contributed by atoms with van der Waals surface area (Å²) < 4.78 is 0. The molecule has 2 unspecified atom stereocenters. The molecular weight excluding hydrogens is 202 g/mol. The highest BCUT2D eigenvalue weighted by Crippen LogP contribution is 2.17. The Morgan fingerprint density at radius 1 is 1.38 bits per heavy atom. The van der Waals surface area contributed by atoms with Crippen molar-refractivity contribution in [3.63, 3.8) is 0 Å². The van der Waals surface area contributed by atoms with Crippen LogP contribution in [0.5, 0.6) is 0 Å². The molecule has 4 heteroatoms. The average molecular weight is 229 g/mol. The van der Waals surface area contributed by atoms with E-state index in [9.17, 15) is 4.79 Å². The van der Waals surface area contributed by atoms with Crippen LogP contribution in [0.25, 0.3) is 0 Å². The number of rotatable bonds is 7. The number of hydrogen-bond donors (Lipinski definition) is 2. The summed E-state index contributed by atoms with van der Waals surface area (Å²) in [5.41, 5.74) is 10.2. The van der Waals surface area contributed by atoms with Gasteiger partial charge in [-0.1, -0.05) is 13.8 Å². The zero-order valence-electron chi connectivity index (χ0n) is 11.3. The third kappa shape index (κ3) is 4.10. The molecule has 16 heavy (non-hydrogen) atoms. The number of amides is 1. The zero-order valence-corrected chi connectivity index (χ0v) is 11.3. The van der Waals surface area contributed by atoms with Gasteiger partial charge >= 0.3 is 0 Å². The van der Waals surface area contributed by atoms with Crippen LogP contribution in [0.15, 0.2) is 0 Å². The number of carbonyl (C=O) groups excluding carboxylic acids is 1. The summed E-state index contributed by atoms with van der Waals surface area (Å²) in [7, 11) is 2.08. The highest BCUT2D eigenvalue weighted by molar-refractivity contribution is 5.83. The molecule has 2 atom stereocenters. The van der Waals surface area contributed by atoms with E-state index in [4.69, 9.17) is 11.5 Å². The molecule has 0 rings (SSSR count). The lowest BCUT2D eigenvalue weighted by atomic mass is 9.92. The predicted molar refractivity (Wildman–Crippen MR) is 68.0 cm³/mol. The van der Waals surface area contributed by atoms with Crippen molar-refractivity contribution >= 4 is 5.91 Å². The van der Waals surface area contributed by atoms with Crippen LogP contribution in [0.1, 0.15) is 47.0 Å². The van der Waals surface area contributed by atoms with Gasteiger partial charge < -0.3 is 16.4 Å². The number of nitrogens with two attached hydrogens (primary N) is 2. The minimum atomic E-state index is -0.917. The molecular formula is C12H27N3O. The number of nitrogens with zero attached hydrogens (tertiary/aromatic N) is 1. The molecule has 0 aliphatic rings. The van der Waals surface area contributed by atoms with Gasteiger partial charge in [0.1, 0.15) is 0 Å². The van der Waals surface area contributed by atoms with E-state index in [-0.39, 0.29) is 6.04 Å². The fourth-order valence-electron chi connectivity index (χ4n) is 2.08. The Morgan fingerprint density at radius 3 is 2.12 bits per heavy atom. The van der Waals surface area contributed by atoms with E-state index >= 15 is 0 Å². The molecule has 0 heterocycles. The topological polar surface area (TPSA) is 72.3 Å². The van der Waals surface area contributed by atoms with E-state index in [0.29, 0.717) is 12.5 Å². The summed E-state index contributed by atoms with van der Waals surface area (Å²) in [5, 5.41) is 0. The van der Waals surface area contributed by atoms with Crippen molar-refractivity contribution in [1.29, 1.82) is 0 Å². The Morgan fingerprint density at radius 2 is 1.81 bits per heavy atom. The molecule has 96 valence electrons. The molecule has 0 radical (unpaired) electrons. The van der Waals surface area contributed by atoms with E-state index in [1.807, 2.05) is 0 Å². The molecule has 0 saturated heterocycles. The standard InChI is InChI=1S/C12H27N3O/c1-6-10(7-2)15(5)9(3)8-12(4,14)11(13)16/h9-10H,6-8,14H2,1-5H3,(H2,13,16). The second kappa shape index (κ2) is 6.21. The molecule has 0 saturated carbocycles. The Kier molecular flexibility index (Phi) is 5.97. The molecule has 0 aromatic heterocycles. The van der Waals surface area contributed by atoms with Crippen LogP contribution < -0.4 is 11.5 Å². The molecule has 0 aliphatic carbocycles. The van der Waals surface area contributed by atoms with Crippen LogP contribution in [0.4, 0.5) is 0 Å². The summed E-state index contributed by atoms with van der Waals surface area (Å²) >= 11 is 0. The predicted octanol–water partition coefficient (Wildman–Crippen LogP) is 1.09. The maximum Gasteiger partial charge on any atom is 0.237 e. The highest BCUT2D eigenvalue weighted by atomic mass is 16.1. The van der Waals surface area contributed by atoms with Gasteiger partial charge in [-0.15, -0.1) is 0 Å². The summed E-state index contributed by atoms with van der Waals surface area (Å²) in [6.07, 6.45) is 2.81. The van der Waals surface area contributed by atoms with Crippen molar-refractivity contribution in [3.8, 4) is 0 Å². The highest BCUT2D eigenvalue weighted by Gasteiger charge is 2.30. The van der Waals surface area contributed by atoms with Crippen molar-refractivity contribution < 1.29 is 4.79 Å². The second-order valence-electron chi connectivity index (χ2n) is 4.97.